The molecule has 0 unspecified atom stereocenters. The van der Waals surface area contributed by atoms with E-state index < -0.39 is 0 Å². The van der Waals surface area contributed by atoms with Crippen molar-refractivity contribution < 1.29 is 14.3 Å². The van der Waals surface area contributed by atoms with Gasteiger partial charge in [0.25, 0.3) is 5.91 Å². The number of aliphatic imine (C=N–C) groups is 1. The lowest BCUT2D eigenvalue weighted by molar-refractivity contribution is 0.102. The third-order valence-electron chi connectivity index (χ3n) is 6.53. The molecule has 0 spiro atoms. The Labute approximate surface area is 208 Å². The first-order chi connectivity index (χ1) is 16.3. The second-order valence-corrected chi connectivity index (χ2v) is 11.3. The Hall–Kier alpha value is -2.83. The van der Waals surface area contributed by atoms with Crippen LogP contribution >= 0.6 is 22.9 Å². The van der Waals surface area contributed by atoms with Crippen LogP contribution in [0.1, 0.15) is 53.6 Å². The highest BCUT2D eigenvalue weighted by Gasteiger charge is 2.33. The number of carbonyl (C=O) groups is 1. The topological polar surface area (TPSA) is 59.9 Å². The van der Waals surface area contributed by atoms with Gasteiger partial charge in [-0.1, -0.05) is 32.4 Å². The summed E-state index contributed by atoms with van der Waals surface area (Å²) < 4.78 is 10.9. The average Bonchev–Trinajstić information content (AvgIpc) is 3.41. The summed E-state index contributed by atoms with van der Waals surface area (Å²) in [6, 6.07) is 12.9. The fourth-order valence-electron chi connectivity index (χ4n) is 4.49. The van der Waals surface area contributed by atoms with Crippen molar-refractivity contribution in [2.24, 2.45) is 16.3 Å². The Balaban J connectivity index is 1.48. The van der Waals surface area contributed by atoms with Crippen LogP contribution in [0.15, 0.2) is 47.5 Å². The summed E-state index contributed by atoms with van der Waals surface area (Å²) in [6.07, 6.45) is 4.72. The number of hydrogen-bond donors (Lipinski definition) is 1. The molecular weight excluding hydrogens is 468 g/mol. The SMILES string of the molecule is CC(C)(C)[C@@H]1CCc2c(sc(N=Cc3ccc4c(c3)OCO4)c2C(=O)Nc2ccc(Cl)cc2)C1. The number of halogens is 1. The summed E-state index contributed by atoms with van der Waals surface area (Å²) in [4.78, 5) is 19.5. The molecule has 5 rings (SSSR count). The lowest BCUT2D eigenvalue weighted by atomic mass is 9.72. The maximum atomic E-state index is 13.4. The second kappa shape index (κ2) is 9.08. The van der Waals surface area contributed by atoms with Gasteiger partial charge in [-0.05, 0) is 84.2 Å². The van der Waals surface area contributed by atoms with Gasteiger partial charge in [-0.15, -0.1) is 11.3 Å². The van der Waals surface area contributed by atoms with Crippen molar-refractivity contribution >= 4 is 45.7 Å². The number of anilines is 1. The molecule has 3 aromatic rings. The number of nitrogens with one attached hydrogen (secondary N) is 1. The van der Waals surface area contributed by atoms with Crippen LogP contribution in [0.5, 0.6) is 11.5 Å². The minimum absolute atomic E-state index is 0.133. The van der Waals surface area contributed by atoms with Gasteiger partial charge in [-0.3, -0.25) is 4.79 Å². The van der Waals surface area contributed by atoms with E-state index in [0.717, 1.165) is 41.1 Å². The smallest absolute Gasteiger partial charge is 0.259 e. The van der Waals surface area contributed by atoms with E-state index in [9.17, 15) is 4.79 Å². The summed E-state index contributed by atoms with van der Waals surface area (Å²) >= 11 is 7.64. The number of fused-ring (bicyclic) bond motifs is 2. The first-order valence-electron chi connectivity index (χ1n) is 11.4. The molecule has 0 saturated heterocycles. The maximum Gasteiger partial charge on any atom is 0.259 e. The summed E-state index contributed by atoms with van der Waals surface area (Å²) in [5.41, 5.74) is 3.65. The lowest BCUT2D eigenvalue weighted by Crippen LogP contribution is -2.27. The quantitative estimate of drug-likeness (QED) is 0.387. The highest BCUT2D eigenvalue weighted by atomic mass is 35.5. The standard InChI is InChI=1S/C27H27ClN2O3S/c1-27(2,3)17-5-10-20-23(13-17)34-26(24(20)25(31)30-19-8-6-18(28)7-9-19)29-14-16-4-11-21-22(12-16)33-15-32-21/h4,6-9,11-12,14,17H,5,10,13,15H2,1-3H3,(H,30,31)/t17-/m1/s1. The van der Waals surface area contributed by atoms with Crippen molar-refractivity contribution in [1.82, 2.24) is 0 Å². The summed E-state index contributed by atoms with van der Waals surface area (Å²) in [5.74, 6) is 1.89. The number of amides is 1. The lowest BCUT2D eigenvalue weighted by Gasteiger charge is -2.33. The number of hydrogen-bond acceptors (Lipinski definition) is 5. The maximum absolute atomic E-state index is 13.4. The Morgan fingerprint density at radius 2 is 1.91 bits per heavy atom. The summed E-state index contributed by atoms with van der Waals surface area (Å²) in [5, 5.41) is 4.41. The Morgan fingerprint density at radius 1 is 1.15 bits per heavy atom. The van der Waals surface area contributed by atoms with Crippen molar-refractivity contribution in [3.63, 3.8) is 0 Å². The predicted molar refractivity (Wildman–Crippen MR) is 139 cm³/mol. The largest absolute Gasteiger partial charge is 0.454 e. The van der Waals surface area contributed by atoms with E-state index >= 15 is 0 Å². The highest BCUT2D eigenvalue weighted by Crippen LogP contribution is 2.45. The van der Waals surface area contributed by atoms with E-state index in [2.05, 4.69) is 26.1 Å². The first kappa shape index (κ1) is 22.9. The van der Waals surface area contributed by atoms with Gasteiger partial charge in [-0.2, -0.15) is 0 Å². The molecule has 1 aliphatic heterocycles. The fraction of sp³-hybridized carbons (Fsp3) is 0.333. The number of carbonyl (C=O) groups excluding carboxylic acids is 1. The molecule has 2 aromatic carbocycles. The molecule has 34 heavy (non-hydrogen) atoms. The van der Waals surface area contributed by atoms with Gasteiger partial charge < -0.3 is 14.8 Å². The molecule has 1 atom stereocenters. The van der Waals surface area contributed by atoms with Crippen molar-refractivity contribution in [3.05, 3.63) is 69.1 Å². The molecule has 1 aliphatic carbocycles. The summed E-state index contributed by atoms with van der Waals surface area (Å²) in [7, 11) is 0. The molecule has 7 heteroatoms. The van der Waals surface area contributed by atoms with Gasteiger partial charge in [0.1, 0.15) is 5.00 Å². The van der Waals surface area contributed by atoms with Gasteiger partial charge in [0, 0.05) is 21.8 Å². The van der Waals surface area contributed by atoms with E-state index in [0.29, 0.717) is 27.9 Å². The third kappa shape index (κ3) is 4.70. The van der Waals surface area contributed by atoms with Crippen LogP contribution < -0.4 is 14.8 Å². The highest BCUT2D eigenvalue weighted by molar-refractivity contribution is 7.16. The molecule has 0 bridgehead atoms. The van der Waals surface area contributed by atoms with Crippen molar-refractivity contribution in [2.45, 2.75) is 40.0 Å². The molecule has 1 N–H and O–H groups in total. The van der Waals surface area contributed by atoms with Crippen LogP contribution in [0.4, 0.5) is 10.7 Å². The van der Waals surface area contributed by atoms with Gasteiger partial charge >= 0.3 is 0 Å². The Bertz CT molecular complexity index is 1260. The zero-order valence-electron chi connectivity index (χ0n) is 19.5. The van der Waals surface area contributed by atoms with E-state index in [4.69, 9.17) is 26.1 Å². The molecule has 1 aromatic heterocycles. The molecule has 2 aliphatic rings. The zero-order valence-corrected chi connectivity index (χ0v) is 21.1. The monoisotopic (exact) mass is 494 g/mol. The van der Waals surface area contributed by atoms with E-state index in [1.54, 1.807) is 29.7 Å². The Kier molecular flexibility index (Phi) is 6.13. The second-order valence-electron chi connectivity index (χ2n) is 9.82. The zero-order chi connectivity index (χ0) is 23.9. The van der Waals surface area contributed by atoms with Crippen molar-refractivity contribution in [1.29, 1.82) is 0 Å². The predicted octanol–water partition coefficient (Wildman–Crippen LogP) is 7.28. The Morgan fingerprint density at radius 3 is 2.68 bits per heavy atom. The van der Waals surface area contributed by atoms with Crippen molar-refractivity contribution in [3.8, 4) is 11.5 Å². The molecule has 0 radical (unpaired) electrons. The average molecular weight is 495 g/mol. The first-order valence-corrected chi connectivity index (χ1v) is 12.6. The third-order valence-corrected chi connectivity index (χ3v) is 7.94. The van der Waals surface area contributed by atoms with Gasteiger partial charge in [0.2, 0.25) is 6.79 Å². The molecule has 176 valence electrons. The molecule has 1 amide bonds. The van der Waals surface area contributed by atoms with Crippen LogP contribution in [0.3, 0.4) is 0 Å². The molecule has 0 fully saturated rings. The number of ether oxygens (including phenoxy) is 2. The summed E-state index contributed by atoms with van der Waals surface area (Å²) in [6.45, 7) is 7.12. The number of rotatable bonds is 4. The van der Waals surface area contributed by atoms with Crippen LogP contribution in [0, 0.1) is 11.3 Å². The number of nitrogens with zero attached hydrogens (tertiary/aromatic N) is 1. The van der Waals surface area contributed by atoms with Gasteiger partial charge in [-0.25, -0.2) is 4.99 Å². The fourth-order valence-corrected chi connectivity index (χ4v) is 5.88. The molecule has 2 heterocycles. The molecular formula is C27H27ClN2O3S. The normalized spacial score (nSPS) is 17.1. The van der Waals surface area contributed by atoms with E-state index in [-0.39, 0.29) is 18.1 Å². The minimum Gasteiger partial charge on any atom is -0.454 e. The van der Waals surface area contributed by atoms with E-state index in [1.807, 2.05) is 30.3 Å². The van der Waals surface area contributed by atoms with Crippen molar-refractivity contribution in [2.75, 3.05) is 12.1 Å². The minimum atomic E-state index is -0.133. The van der Waals surface area contributed by atoms with Crippen LogP contribution in [-0.2, 0) is 12.8 Å². The van der Waals surface area contributed by atoms with Crippen LogP contribution in [-0.4, -0.2) is 18.9 Å². The van der Waals surface area contributed by atoms with E-state index in [1.165, 1.54) is 4.88 Å². The van der Waals surface area contributed by atoms with Gasteiger partial charge in [0.05, 0.1) is 5.56 Å². The molecule has 5 nitrogen and oxygen atoms in total. The van der Waals surface area contributed by atoms with Gasteiger partial charge in [0.15, 0.2) is 11.5 Å². The molecule has 0 saturated carbocycles. The van der Waals surface area contributed by atoms with Crippen LogP contribution in [0.2, 0.25) is 5.02 Å². The van der Waals surface area contributed by atoms with Crippen LogP contribution in [0.25, 0.3) is 0 Å². The number of benzene rings is 2. The number of thiophene rings is 1.